The van der Waals surface area contributed by atoms with Crippen molar-refractivity contribution in [1.29, 1.82) is 0 Å². The molecule has 5 heteroatoms. The first-order chi connectivity index (χ1) is 9.47. The summed E-state index contributed by atoms with van der Waals surface area (Å²) in [6, 6.07) is 1.86. The van der Waals surface area contributed by atoms with Crippen LogP contribution in [0.3, 0.4) is 0 Å². The molecule has 1 aromatic carbocycles. The number of benzene rings is 1. The summed E-state index contributed by atoms with van der Waals surface area (Å²) < 4.78 is 32.3. The highest BCUT2D eigenvalue weighted by Crippen LogP contribution is 2.18. The van der Waals surface area contributed by atoms with E-state index in [4.69, 9.17) is 4.74 Å². The standard InChI is InChI=1S/C15H19F2NO2/c1-9-6-12(14(17)8-13(9)16)15(19)18-10(2)7-11-4-3-5-20-11/h6,8,10-11H,3-5,7H2,1-2H3,(H,18,19)/t10-,11+/m0/s1. The fraction of sp³-hybridized carbons (Fsp3) is 0.533. The molecule has 0 spiro atoms. The second-order valence-electron chi connectivity index (χ2n) is 5.33. The number of carbonyl (C=O) groups excluding carboxylic acids is 1. The largest absolute Gasteiger partial charge is 0.378 e. The van der Waals surface area contributed by atoms with E-state index in [1.165, 1.54) is 13.0 Å². The summed E-state index contributed by atoms with van der Waals surface area (Å²) in [6.45, 7) is 4.12. The van der Waals surface area contributed by atoms with Gasteiger partial charge in [0.25, 0.3) is 5.91 Å². The maximum Gasteiger partial charge on any atom is 0.254 e. The number of halogens is 2. The number of hydrogen-bond acceptors (Lipinski definition) is 2. The van der Waals surface area contributed by atoms with Crippen molar-refractivity contribution in [1.82, 2.24) is 5.32 Å². The van der Waals surface area contributed by atoms with Crippen LogP contribution in [0.5, 0.6) is 0 Å². The summed E-state index contributed by atoms with van der Waals surface area (Å²) in [4.78, 5) is 12.0. The zero-order chi connectivity index (χ0) is 14.7. The van der Waals surface area contributed by atoms with Crippen LogP contribution in [0.2, 0.25) is 0 Å². The summed E-state index contributed by atoms with van der Waals surface area (Å²) in [5, 5.41) is 2.73. The molecule has 1 aliphatic heterocycles. The molecule has 110 valence electrons. The van der Waals surface area contributed by atoms with Gasteiger partial charge in [0.15, 0.2) is 0 Å². The van der Waals surface area contributed by atoms with Gasteiger partial charge in [0.05, 0.1) is 11.7 Å². The van der Waals surface area contributed by atoms with E-state index in [0.717, 1.165) is 25.5 Å². The van der Waals surface area contributed by atoms with E-state index in [1.54, 1.807) is 0 Å². The van der Waals surface area contributed by atoms with E-state index < -0.39 is 17.5 Å². The third-order valence-electron chi connectivity index (χ3n) is 3.51. The molecule has 0 bridgehead atoms. The Morgan fingerprint density at radius 2 is 2.20 bits per heavy atom. The molecule has 1 amide bonds. The molecule has 2 rings (SSSR count). The van der Waals surface area contributed by atoms with Gasteiger partial charge in [0.1, 0.15) is 11.6 Å². The van der Waals surface area contributed by atoms with Crippen molar-refractivity contribution in [2.75, 3.05) is 6.61 Å². The Kier molecular flexibility index (Phi) is 4.70. The summed E-state index contributed by atoms with van der Waals surface area (Å²) >= 11 is 0. The fourth-order valence-electron chi connectivity index (χ4n) is 2.42. The zero-order valence-corrected chi connectivity index (χ0v) is 11.7. The minimum Gasteiger partial charge on any atom is -0.378 e. The molecule has 0 saturated carbocycles. The number of ether oxygens (including phenoxy) is 1. The van der Waals surface area contributed by atoms with Crippen LogP contribution in [-0.4, -0.2) is 24.7 Å². The van der Waals surface area contributed by atoms with Crippen LogP contribution in [-0.2, 0) is 4.74 Å². The Morgan fingerprint density at radius 1 is 1.45 bits per heavy atom. The quantitative estimate of drug-likeness (QED) is 0.922. The van der Waals surface area contributed by atoms with Gasteiger partial charge in [-0.3, -0.25) is 4.79 Å². The summed E-state index contributed by atoms with van der Waals surface area (Å²) in [7, 11) is 0. The minimum absolute atomic E-state index is 0.115. The van der Waals surface area contributed by atoms with Crippen LogP contribution in [0.15, 0.2) is 12.1 Å². The van der Waals surface area contributed by atoms with E-state index in [-0.39, 0.29) is 23.3 Å². The topological polar surface area (TPSA) is 38.3 Å². The van der Waals surface area contributed by atoms with E-state index in [1.807, 2.05) is 6.92 Å². The molecule has 1 fully saturated rings. The van der Waals surface area contributed by atoms with Gasteiger partial charge in [-0.2, -0.15) is 0 Å². The summed E-state index contributed by atoms with van der Waals surface area (Å²) in [5.74, 6) is -2.00. The number of aryl methyl sites for hydroxylation is 1. The Bertz CT molecular complexity index is 499. The van der Waals surface area contributed by atoms with E-state index in [0.29, 0.717) is 6.42 Å². The van der Waals surface area contributed by atoms with E-state index in [9.17, 15) is 13.6 Å². The average molecular weight is 283 g/mol. The van der Waals surface area contributed by atoms with Crippen molar-refractivity contribution in [3.8, 4) is 0 Å². The van der Waals surface area contributed by atoms with E-state index >= 15 is 0 Å². The Balaban J connectivity index is 1.98. The Labute approximate surface area is 117 Å². The number of hydrogen-bond donors (Lipinski definition) is 1. The minimum atomic E-state index is -0.838. The van der Waals surface area contributed by atoms with Crippen LogP contribution in [0.1, 0.15) is 42.1 Å². The van der Waals surface area contributed by atoms with Crippen LogP contribution in [0, 0.1) is 18.6 Å². The van der Waals surface area contributed by atoms with Gasteiger partial charge >= 0.3 is 0 Å². The highest BCUT2D eigenvalue weighted by atomic mass is 19.1. The monoisotopic (exact) mass is 283 g/mol. The van der Waals surface area contributed by atoms with Gasteiger partial charge in [-0.05, 0) is 44.7 Å². The summed E-state index contributed by atoms with van der Waals surface area (Å²) in [6.07, 6.45) is 2.89. The normalized spacial score (nSPS) is 19.9. The molecular formula is C15H19F2NO2. The van der Waals surface area contributed by atoms with E-state index in [2.05, 4.69) is 5.32 Å². The highest BCUT2D eigenvalue weighted by Gasteiger charge is 2.21. The third kappa shape index (κ3) is 3.54. The van der Waals surface area contributed by atoms with Crippen molar-refractivity contribution >= 4 is 5.91 Å². The lowest BCUT2D eigenvalue weighted by Crippen LogP contribution is -2.35. The number of carbonyl (C=O) groups is 1. The zero-order valence-electron chi connectivity index (χ0n) is 11.7. The first kappa shape index (κ1) is 14.9. The molecule has 1 aliphatic rings. The number of rotatable bonds is 4. The Morgan fingerprint density at radius 3 is 2.85 bits per heavy atom. The smallest absolute Gasteiger partial charge is 0.254 e. The predicted octanol–water partition coefficient (Wildman–Crippen LogP) is 2.96. The van der Waals surface area contributed by atoms with Gasteiger partial charge in [-0.25, -0.2) is 8.78 Å². The van der Waals surface area contributed by atoms with Crippen molar-refractivity contribution < 1.29 is 18.3 Å². The van der Waals surface area contributed by atoms with Crippen LogP contribution in [0.25, 0.3) is 0 Å². The highest BCUT2D eigenvalue weighted by molar-refractivity contribution is 5.94. The molecular weight excluding hydrogens is 264 g/mol. The van der Waals surface area contributed by atoms with Gasteiger partial charge in [0, 0.05) is 18.7 Å². The molecule has 2 atom stereocenters. The van der Waals surface area contributed by atoms with Gasteiger partial charge in [0.2, 0.25) is 0 Å². The summed E-state index contributed by atoms with van der Waals surface area (Å²) in [5.41, 5.74) is 0.131. The Hall–Kier alpha value is -1.49. The first-order valence-electron chi connectivity index (χ1n) is 6.85. The number of nitrogens with one attached hydrogen (secondary N) is 1. The molecule has 3 nitrogen and oxygen atoms in total. The molecule has 0 aromatic heterocycles. The van der Waals surface area contributed by atoms with Crippen molar-refractivity contribution in [3.05, 3.63) is 34.9 Å². The van der Waals surface area contributed by atoms with Gasteiger partial charge in [-0.1, -0.05) is 0 Å². The van der Waals surface area contributed by atoms with Crippen LogP contribution >= 0.6 is 0 Å². The predicted molar refractivity (Wildman–Crippen MR) is 71.6 cm³/mol. The molecule has 1 heterocycles. The molecule has 20 heavy (non-hydrogen) atoms. The maximum absolute atomic E-state index is 13.6. The lowest BCUT2D eigenvalue weighted by Gasteiger charge is -2.18. The third-order valence-corrected chi connectivity index (χ3v) is 3.51. The van der Waals surface area contributed by atoms with Crippen LogP contribution in [0.4, 0.5) is 8.78 Å². The first-order valence-corrected chi connectivity index (χ1v) is 6.85. The second-order valence-corrected chi connectivity index (χ2v) is 5.33. The molecule has 1 saturated heterocycles. The van der Waals surface area contributed by atoms with Gasteiger partial charge in [-0.15, -0.1) is 0 Å². The lowest BCUT2D eigenvalue weighted by molar-refractivity contribution is 0.0847. The fourth-order valence-corrected chi connectivity index (χ4v) is 2.42. The second kappa shape index (κ2) is 6.31. The molecule has 1 N–H and O–H groups in total. The SMILES string of the molecule is Cc1cc(C(=O)N[C@@H](C)C[C@H]2CCCO2)c(F)cc1F. The van der Waals surface area contributed by atoms with Crippen molar-refractivity contribution in [2.24, 2.45) is 0 Å². The van der Waals surface area contributed by atoms with Crippen molar-refractivity contribution in [3.63, 3.8) is 0 Å². The van der Waals surface area contributed by atoms with Crippen molar-refractivity contribution in [2.45, 2.75) is 45.3 Å². The molecule has 0 radical (unpaired) electrons. The lowest BCUT2D eigenvalue weighted by atomic mass is 10.1. The van der Waals surface area contributed by atoms with Gasteiger partial charge < -0.3 is 10.1 Å². The number of amides is 1. The molecule has 0 aliphatic carbocycles. The molecule has 0 unspecified atom stereocenters. The average Bonchev–Trinajstić information content (AvgIpc) is 2.86. The van der Waals surface area contributed by atoms with Crippen LogP contribution < -0.4 is 5.32 Å². The molecule has 1 aromatic rings. The maximum atomic E-state index is 13.6.